The summed E-state index contributed by atoms with van der Waals surface area (Å²) in [4.78, 5) is 24.1. The number of carbonyl (C=O) groups is 1. The Labute approximate surface area is 135 Å². The van der Waals surface area contributed by atoms with Crippen molar-refractivity contribution in [1.29, 1.82) is 0 Å². The molecule has 1 amide bonds. The van der Waals surface area contributed by atoms with Crippen molar-refractivity contribution in [3.05, 3.63) is 39.9 Å². The first-order chi connectivity index (χ1) is 10.7. The van der Waals surface area contributed by atoms with E-state index in [1.54, 1.807) is 17.0 Å². The fraction of sp³-hybridized carbons (Fsp3) is 0.562. The first-order valence-corrected chi connectivity index (χ1v) is 7.69. The molecule has 2 rings (SSSR count). The third kappa shape index (κ3) is 5.21. The van der Waals surface area contributed by atoms with Crippen LogP contribution in [0, 0.1) is 10.1 Å². The van der Waals surface area contributed by atoms with Gasteiger partial charge in [0, 0.05) is 37.8 Å². The van der Waals surface area contributed by atoms with Crippen molar-refractivity contribution >= 4 is 11.8 Å². The van der Waals surface area contributed by atoms with E-state index in [4.69, 9.17) is 4.74 Å². The number of nitrogens with one attached hydrogen (secondary N) is 1. The topological polar surface area (TPSA) is 84.7 Å². The normalized spacial score (nSPS) is 18.6. The van der Waals surface area contributed by atoms with E-state index in [2.05, 4.69) is 5.32 Å². The molecule has 1 aliphatic rings. The van der Waals surface area contributed by atoms with Crippen LogP contribution < -0.4 is 5.32 Å². The van der Waals surface area contributed by atoms with Gasteiger partial charge in [0.05, 0.1) is 4.92 Å². The largest absolute Gasteiger partial charge is 0.444 e. The van der Waals surface area contributed by atoms with E-state index in [9.17, 15) is 14.9 Å². The molecule has 0 spiro atoms. The highest BCUT2D eigenvalue weighted by Gasteiger charge is 2.27. The summed E-state index contributed by atoms with van der Waals surface area (Å²) in [6.07, 6.45) is 0.407. The minimum atomic E-state index is -0.504. The molecule has 0 saturated carbocycles. The maximum atomic E-state index is 12.1. The maximum Gasteiger partial charge on any atom is 0.410 e. The zero-order chi connectivity index (χ0) is 17.0. The number of nitro groups is 1. The summed E-state index contributed by atoms with van der Waals surface area (Å²) in [5.41, 5.74) is 0.579. The van der Waals surface area contributed by atoms with Crippen LogP contribution in [0.4, 0.5) is 10.5 Å². The Morgan fingerprint density at radius 1 is 1.39 bits per heavy atom. The number of rotatable bonds is 3. The number of benzene rings is 1. The summed E-state index contributed by atoms with van der Waals surface area (Å²) < 4.78 is 5.40. The fourth-order valence-corrected chi connectivity index (χ4v) is 2.49. The van der Waals surface area contributed by atoms with E-state index in [0.717, 1.165) is 5.56 Å². The van der Waals surface area contributed by atoms with Crippen molar-refractivity contribution in [3.8, 4) is 0 Å². The molecule has 1 heterocycles. The predicted molar refractivity (Wildman–Crippen MR) is 86.4 cm³/mol. The van der Waals surface area contributed by atoms with Crippen LogP contribution in [0.5, 0.6) is 0 Å². The monoisotopic (exact) mass is 321 g/mol. The first-order valence-electron chi connectivity index (χ1n) is 7.69. The van der Waals surface area contributed by atoms with Crippen LogP contribution in [0.25, 0.3) is 0 Å². The Morgan fingerprint density at radius 3 is 2.61 bits per heavy atom. The van der Waals surface area contributed by atoms with Gasteiger partial charge in [-0.1, -0.05) is 12.1 Å². The molecule has 1 aliphatic heterocycles. The lowest BCUT2D eigenvalue weighted by Gasteiger charge is -2.35. The molecule has 0 aliphatic carbocycles. The maximum absolute atomic E-state index is 12.1. The van der Waals surface area contributed by atoms with Crippen molar-refractivity contribution in [1.82, 2.24) is 10.2 Å². The van der Waals surface area contributed by atoms with Gasteiger partial charge in [0.2, 0.25) is 0 Å². The third-order valence-electron chi connectivity index (χ3n) is 3.54. The number of ether oxygens (including phenoxy) is 1. The second-order valence-corrected chi connectivity index (χ2v) is 6.71. The highest BCUT2D eigenvalue weighted by molar-refractivity contribution is 5.68. The highest BCUT2D eigenvalue weighted by Crippen LogP contribution is 2.16. The smallest absolute Gasteiger partial charge is 0.410 e. The molecule has 126 valence electrons. The van der Waals surface area contributed by atoms with Crippen LogP contribution in [0.3, 0.4) is 0 Å². The van der Waals surface area contributed by atoms with E-state index in [0.29, 0.717) is 26.1 Å². The van der Waals surface area contributed by atoms with Crippen LogP contribution in [-0.4, -0.2) is 47.2 Å². The average molecular weight is 321 g/mol. The van der Waals surface area contributed by atoms with Gasteiger partial charge < -0.3 is 15.0 Å². The number of non-ortho nitro benzene ring substituents is 1. The molecule has 1 fully saturated rings. The number of nitrogens with zero attached hydrogens (tertiary/aromatic N) is 2. The number of hydrogen-bond donors (Lipinski definition) is 1. The van der Waals surface area contributed by atoms with Gasteiger partial charge in [0.25, 0.3) is 5.69 Å². The third-order valence-corrected chi connectivity index (χ3v) is 3.54. The van der Waals surface area contributed by atoms with Crippen LogP contribution in [0.2, 0.25) is 0 Å². The first kappa shape index (κ1) is 17.2. The zero-order valence-electron chi connectivity index (χ0n) is 13.7. The van der Waals surface area contributed by atoms with Gasteiger partial charge in [-0.25, -0.2) is 4.79 Å². The number of carbonyl (C=O) groups excluding carboxylic acids is 1. The molecule has 0 unspecified atom stereocenters. The zero-order valence-corrected chi connectivity index (χ0v) is 13.7. The minimum absolute atomic E-state index is 0.0840. The summed E-state index contributed by atoms with van der Waals surface area (Å²) in [7, 11) is 0. The fourth-order valence-electron chi connectivity index (χ4n) is 2.49. The summed E-state index contributed by atoms with van der Waals surface area (Å²) in [5.74, 6) is 0. The van der Waals surface area contributed by atoms with E-state index >= 15 is 0 Å². The van der Waals surface area contributed by atoms with Gasteiger partial charge in [-0.15, -0.1) is 0 Å². The Kier molecular flexibility index (Phi) is 5.20. The number of piperazine rings is 1. The highest BCUT2D eigenvalue weighted by atomic mass is 16.6. The standard InChI is InChI=1S/C16H23N3O4/c1-16(2,3)23-15(20)18-9-8-17-13(11-18)10-12-4-6-14(7-5-12)19(21)22/h4-7,13,17H,8-11H2,1-3H3/t13-/m0/s1. The second-order valence-electron chi connectivity index (χ2n) is 6.71. The SMILES string of the molecule is CC(C)(C)OC(=O)N1CCN[C@@H](Cc2ccc([N+](=O)[O-])cc2)C1. The van der Waals surface area contributed by atoms with Crippen molar-refractivity contribution in [2.24, 2.45) is 0 Å². The molecule has 0 radical (unpaired) electrons. The molecule has 0 aromatic heterocycles. The number of nitro benzene ring substituents is 1. The molecular weight excluding hydrogens is 298 g/mol. The van der Waals surface area contributed by atoms with Crippen molar-refractivity contribution in [2.75, 3.05) is 19.6 Å². The molecule has 1 aromatic rings. The molecule has 1 atom stereocenters. The average Bonchev–Trinajstić information content (AvgIpc) is 2.46. The minimum Gasteiger partial charge on any atom is -0.444 e. The summed E-state index contributed by atoms with van der Waals surface area (Å²) in [6.45, 7) is 7.43. The van der Waals surface area contributed by atoms with Crippen molar-refractivity contribution in [2.45, 2.75) is 38.8 Å². The van der Waals surface area contributed by atoms with Crippen LogP contribution in [0.1, 0.15) is 26.3 Å². The van der Waals surface area contributed by atoms with Crippen LogP contribution in [-0.2, 0) is 11.2 Å². The Hall–Kier alpha value is -2.15. The summed E-state index contributed by atoms with van der Waals surface area (Å²) in [5, 5.41) is 14.0. The van der Waals surface area contributed by atoms with Gasteiger partial charge in [0.15, 0.2) is 0 Å². The van der Waals surface area contributed by atoms with E-state index < -0.39 is 10.5 Å². The summed E-state index contributed by atoms with van der Waals surface area (Å²) in [6, 6.07) is 6.63. The molecule has 23 heavy (non-hydrogen) atoms. The quantitative estimate of drug-likeness (QED) is 0.682. The number of hydrogen-bond acceptors (Lipinski definition) is 5. The van der Waals surface area contributed by atoms with Crippen LogP contribution in [0.15, 0.2) is 24.3 Å². The predicted octanol–water partition coefficient (Wildman–Crippen LogP) is 2.35. The van der Waals surface area contributed by atoms with Gasteiger partial charge in [0.1, 0.15) is 5.60 Å². The molecule has 7 heteroatoms. The van der Waals surface area contributed by atoms with Crippen molar-refractivity contribution < 1.29 is 14.5 Å². The van der Waals surface area contributed by atoms with Gasteiger partial charge in [-0.2, -0.15) is 0 Å². The lowest BCUT2D eigenvalue weighted by molar-refractivity contribution is -0.384. The Bertz CT molecular complexity index is 566. The van der Waals surface area contributed by atoms with Crippen molar-refractivity contribution in [3.63, 3.8) is 0 Å². The molecule has 1 N–H and O–H groups in total. The van der Waals surface area contributed by atoms with E-state index in [1.807, 2.05) is 20.8 Å². The van der Waals surface area contributed by atoms with E-state index in [1.165, 1.54) is 12.1 Å². The van der Waals surface area contributed by atoms with E-state index in [-0.39, 0.29) is 17.8 Å². The lowest BCUT2D eigenvalue weighted by Crippen LogP contribution is -2.54. The van der Waals surface area contributed by atoms with Gasteiger partial charge in [-0.05, 0) is 32.8 Å². The van der Waals surface area contributed by atoms with Gasteiger partial charge in [-0.3, -0.25) is 10.1 Å². The molecule has 1 saturated heterocycles. The Balaban J connectivity index is 1.93. The molecule has 1 aromatic carbocycles. The molecular formula is C16H23N3O4. The van der Waals surface area contributed by atoms with Gasteiger partial charge >= 0.3 is 6.09 Å². The summed E-state index contributed by atoms with van der Waals surface area (Å²) >= 11 is 0. The molecule has 7 nitrogen and oxygen atoms in total. The lowest BCUT2D eigenvalue weighted by atomic mass is 10.0. The second kappa shape index (κ2) is 6.95. The van der Waals surface area contributed by atoms with Crippen LogP contribution >= 0.6 is 0 Å². The Morgan fingerprint density at radius 2 is 2.04 bits per heavy atom. The number of amides is 1. The molecule has 0 bridgehead atoms.